The van der Waals surface area contributed by atoms with Crippen LogP contribution < -0.4 is 9.47 Å². The van der Waals surface area contributed by atoms with Gasteiger partial charge in [0.15, 0.2) is 0 Å². The van der Waals surface area contributed by atoms with E-state index in [0.717, 1.165) is 19.3 Å². The van der Waals surface area contributed by atoms with Gasteiger partial charge in [-0.3, -0.25) is 9.59 Å². The zero-order chi connectivity index (χ0) is 24.5. The van der Waals surface area contributed by atoms with Crippen LogP contribution in [0.15, 0.2) is 34.9 Å². The molecule has 8 heteroatoms. The van der Waals surface area contributed by atoms with Gasteiger partial charge in [0.2, 0.25) is 5.91 Å². The van der Waals surface area contributed by atoms with Crippen molar-refractivity contribution in [1.82, 2.24) is 15.0 Å². The highest BCUT2D eigenvalue weighted by Crippen LogP contribution is 2.24. The quantitative estimate of drug-likeness (QED) is 0.602. The van der Waals surface area contributed by atoms with Crippen LogP contribution in [0.4, 0.5) is 0 Å². The van der Waals surface area contributed by atoms with Gasteiger partial charge < -0.3 is 23.8 Å². The second-order valence-electron chi connectivity index (χ2n) is 9.11. The molecular formula is C26H37N3O5. The number of aromatic nitrogens is 1. The fourth-order valence-electron chi connectivity index (χ4n) is 4.34. The molecule has 0 spiro atoms. The number of benzene rings is 1. The van der Waals surface area contributed by atoms with E-state index in [1.807, 2.05) is 41.0 Å². The van der Waals surface area contributed by atoms with Gasteiger partial charge >= 0.3 is 0 Å². The Bertz CT molecular complexity index is 942. The molecule has 1 aliphatic heterocycles. The van der Waals surface area contributed by atoms with E-state index in [2.05, 4.69) is 19.0 Å². The highest BCUT2D eigenvalue weighted by molar-refractivity contribution is 5.96. The number of amides is 2. The Kier molecular flexibility index (Phi) is 9.36. The van der Waals surface area contributed by atoms with Crippen LogP contribution in [-0.2, 0) is 11.2 Å². The predicted octanol–water partition coefficient (Wildman–Crippen LogP) is 4.19. The average Bonchev–Trinajstić information content (AvgIpc) is 3.30. The molecule has 1 atom stereocenters. The van der Waals surface area contributed by atoms with Crippen LogP contribution in [0.5, 0.6) is 11.6 Å². The van der Waals surface area contributed by atoms with Crippen molar-refractivity contribution in [3.63, 3.8) is 0 Å². The largest absolute Gasteiger partial charge is 0.491 e. The Balaban J connectivity index is 1.81. The minimum Gasteiger partial charge on any atom is -0.491 e. The minimum atomic E-state index is -0.0818. The van der Waals surface area contributed by atoms with Crippen LogP contribution in [0, 0.1) is 5.92 Å². The molecule has 2 heterocycles. The van der Waals surface area contributed by atoms with E-state index >= 15 is 0 Å². The maximum atomic E-state index is 13.4. The van der Waals surface area contributed by atoms with Gasteiger partial charge in [0.05, 0.1) is 18.7 Å². The van der Waals surface area contributed by atoms with Crippen molar-refractivity contribution in [2.24, 2.45) is 5.92 Å². The first-order chi connectivity index (χ1) is 16.4. The molecule has 0 unspecified atom stereocenters. The number of nitrogens with zero attached hydrogens (tertiary/aromatic N) is 3. The maximum absolute atomic E-state index is 13.4. The summed E-state index contributed by atoms with van der Waals surface area (Å²) in [5.74, 6) is 2.06. The van der Waals surface area contributed by atoms with Crippen LogP contribution in [0.3, 0.4) is 0 Å². The second kappa shape index (κ2) is 12.4. The fourth-order valence-corrected chi connectivity index (χ4v) is 4.34. The van der Waals surface area contributed by atoms with Crippen molar-refractivity contribution in [2.75, 3.05) is 33.4 Å². The third-order valence-corrected chi connectivity index (χ3v) is 6.13. The Morgan fingerprint density at radius 1 is 1.24 bits per heavy atom. The highest BCUT2D eigenvalue weighted by atomic mass is 16.5. The summed E-state index contributed by atoms with van der Waals surface area (Å²) < 4.78 is 16.5. The number of carbonyl (C=O) groups is 2. The zero-order valence-corrected chi connectivity index (χ0v) is 20.8. The zero-order valence-electron chi connectivity index (χ0n) is 20.8. The van der Waals surface area contributed by atoms with Crippen molar-refractivity contribution in [3.8, 4) is 11.6 Å². The van der Waals surface area contributed by atoms with Crippen LogP contribution >= 0.6 is 0 Å². The maximum Gasteiger partial charge on any atom is 0.257 e. The number of aryl methyl sites for hydroxylation is 1. The molecule has 0 saturated heterocycles. The molecule has 1 aromatic carbocycles. The Hall–Kier alpha value is -3.03. The first-order valence-corrected chi connectivity index (χ1v) is 12.2. The Labute approximate surface area is 202 Å². The molecule has 3 rings (SSSR count). The summed E-state index contributed by atoms with van der Waals surface area (Å²) in [7, 11) is 1.53. The molecule has 1 aliphatic rings. The molecule has 0 radical (unpaired) electrons. The second-order valence-corrected chi connectivity index (χ2v) is 9.11. The molecule has 0 bridgehead atoms. The summed E-state index contributed by atoms with van der Waals surface area (Å²) >= 11 is 0. The third-order valence-electron chi connectivity index (χ3n) is 6.13. The number of rotatable bonds is 7. The van der Waals surface area contributed by atoms with Gasteiger partial charge in [0.1, 0.15) is 18.1 Å². The van der Waals surface area contributed by atoms with E-state index in [1.165, 1.54) is 7.11 Å². The SMILES string of the molecule is CCN1CCCCN(C(=O)CCc2cc(OC)no2)[C@@H](CC(C)C)COc2ccccc2C1=O. The first-order valence-electron chi connectivity index (χ1n) is 12.2. The van der Waals surface area contributed by atoms with Gasteiger partial charge in [0, 0.05) is 38.5 Å². The van der Waals surface area contributed by atoms with Gasteiger partial charge in [-0.2, -0.15) is 0 Å². The lowest BCUT2D eigenvalue weighted by molar-refractivity contribution is -0.134. The molecule has 0 aliphatic carbocycles. The molecular weight excluding hydrogens is 434 g/mol. The number of ether oxygens (including phenoxy) is 2. The summed E-state index contributed by atoms with van der Waals surface area (Å²) in [5, 5.41) is 3.82. The topological polar surface area (TPSA) is 85.1 Å². The molecule has 0 fully saturated rings. The number of carbonyl (C=O) groups excluding carboxylic acids is 2. The normalized spacial score (nSPS) is 17.6. The molecule has 0 saturated carbocycles. The molecule has 186 valence electrons. The summed E-state index contributed by atoms with van der Waals surface area (Å²) in [6, 6.07) is 9.02. The molecule has 1 aromatic heterocycles. The molecule has 2 aromatic rings. The van der Waals surface area contributed by atoms with Gasteiger partial charge in [0.25, 0.3) is 11.8 Å². The number of para-hydroxylation sites is 1. The van der Waals surface area contributed by atoms with Crippen molar-refractivity contribution >= 4 is 11.8 Å². The van der Waals surface area contributed by atoms with Crippen molar-refractivity contribution in [1.29, 1.82) is 0 Å². The summed E-state index contributed by atoms with van der Waals surface area (Å²) in [6.07, 6.45) is 3.26. The number of hydrogen-bond acceptors (Lipinski definition) is 6. The van der Waals surface area contributed by atoms with E-state index in [-0.39, 0.29) is 17.9 Å². The van der Waals surface area contributed by atoms with Crippen LogP contribution in [0.25, 0.3) is 0 Å². The van der Waals surface area contributed by atoms with Crippen LogP contribution in [0.2, 0.25) is 0 Å². The average molecular weight is 472 g/mol. The van der Waals surface area contributed by atoms with E-state index in [9.17, 15) is 9.59 Å². The van der Waals surface area contributed by atoms with Crippen molar-refractivity contribution < 1.29 is 23.6 Å². The smallest absolute Gasteiger partial charge is 0.257 e. The summed E-state index contributed by atoms with van der Waals surface area (Å²) in [5.41, 5.74) is 0.574. The van der Waals surface area contributed by atoms with Crippen molar-refractivity contribution in [3.05, 3.63) is 41.7 Å². The Morgan fingerprint density at radius 3 is 2.71 bits per heavy atom. The van der Waals surface area contributed by atoms with Gasteiger partial charge in [-0.05, 0) is 49.4 Å². The summed E-state index contributed by atoms with van der Waals surface area (Å²) in [6.45, 7) is 8.54. The number of hydrogen-bond donors (Lipinski definition) is 0. The van der Waals surface area contributed by atoms with E-state index in [0.29, 0.717) is 68.0 Å². The van der Waals surface area contributed by atoms with Crippen LogP contribution in [0.1, 0.15) is 62.6 Å². The van der Waals surface area contributed by atoms with Crippen molar-refractivity contribution in [2.45, 2.75) is 58.9 Å². The van der Waals surface area contributed by atoms with Gasteiger partial charge in [-0.1, -0.05) is 26.0 Å². The Morgan fingerprint density at radius 2 is 2.00 bits per heavy atom. The summed E-state index contributed by atoms with van der Waals surface area (Å²) in [4.78, 5) is 30.3. The minimum absolute atomic E-state index is 0.00509. The lowest BCUT2D eigenvalue weighted by Gasteiger charge is -2.34. The van der Waals surface area contributed by atoms with E-state index in [4.69, 9.17) is 14.0 Å². The van der Waals surface area contributed by atoms with Crippen LogP contribution in [-0.4, -0.2) is 66.2 Å². The molecule has 8 nitrogen and oxygen atoms in total. The van der Waals surface area contributed by atoms with E-state index in [1.54, 1.807) is 6.07 Å². The number of fused-ring (bicyclic) bond motifs is 1. The third kappa shape index (κ3) is 6.74. The molecule has 2 amide bonds. The van der Waals surface area contributed by atoms with Gasteiger partial charge in [-0.25, -0.2) is 0 Å². The van der Waals surface area contributed by atoms with E-state index < -0.39 is 0 Å². The first kappa shape index (κ1) is 25.6. The standard InChI is InChI=1S/C26H37N3O5/c1-5-28-14-8-9-15-29(25(30)13-12-21-17-24(32-4)27-34-21)20(16-19(2)3)18-33-23-11-7-6-10-22(23)26(28)31/h6-7,10-11,17,19-20H,5,8-9,12-16,18H2,1-4H3/t20-/m0/s1. The lowest BCUT2D eigenvalue weighted by Crippen LogP contribution is -2.45. The highest BCUT2D eigenvalue weighted by Gasteiger charge is 2.27. The molecule has 34 heavy (non-hydrogen) atoms. The monoisotopic (exact) mass is 471 g/mol. The number of methoxy groups -OCH3 is 1. The predicted molar refractivity (Wildman–Crippen MR) is 129 cm³/mol. The fraction of sp³-hybridized carbons (Fsp3) is 0.577. The molecule has 0 N–H and O–H groups in total. The van der Waals surface area contributed by atoms with Gasteiger partial charge in [-0.15, -0.1) is 0 Å². The lowest BCUT2D eigenvalue weighted by atomic mass is 10.0.